The Hall–Kier alpha value is -0.340. The topological polar surface area (TPSA) is 9.23 Å². The zero-order chi connectivity index (χ0) is 12.5. The molecule has 1 aromatic rings. The maximum Gasteiger partial charge on any atom is 0.0720 e. The second-order valence-electron chi connectivity index (χ2n) is 4.60. The molecule has 0 heterocycles. The van der Waals surface area contributed by atoms with Crippen LogP contribution in [0.3, 0.4) is 0 Å². The molecular formula is C15H23BrO. The normalized spacial score (nSPS) is 12.6. The lowest BCUT2D eigenvalue weighted by molar-refractivity contribution is 0.0459. The van der Waals surface area contributed by atoms with Gasteiger partial charge in [0.2, 0.25) is 0 Å². The molecule has 0 radical (unpaired) electrons. The van der Waals surface area contributed by atoms with E-state index in [-0.39, 0.29) is 0 Å². The van der Waals surface area contributed by atoms with Gasteiger partial charge in [-0.25, -0.2) is 0 Å². The zero-order valence-corrected chi connectivity index (χ0v) is 12.5. The summed E-state index contributed by atoms with van der Waals surface area (Å²) in [7, 11) is 0. The maximum atomic E-state index is 5.84. The van der Waals surface area contributed by atoms with Crippen LogP contribution in [0.25, 0.3) is 0 Å². The first-order valence-electron chi connectivity index (χ1n) is 6.58. The highest BCUT2D eigenvalue weighted by molar-refractivity contribution is 9.10. The Balaban J connectivity index is 2.17. The Bertz CT molecular complexity index is 312. The van der Waals surface area contributed by atoms with Gasteiger partial charge >= 0.3 is 0 Å². The van der Waals surface area contributed by atoms with Crippen molar-refractivity contribution in [2.75, 3.05) is 0 Å². The summed E-state index contributed by atoms with van der Waals surface area (Å²) in [4.78, 5) is 0. The van der Waals surface area contributed by atoms with Crippen molar-refractivity contribution < 1.29 is 4.74 Å². The van der Waals surface area contributed by atoms with Crippen molar-refractivity contribution in [2.24, 2.45) is 0 Å². The van der Waals surface area contributed by atoms with E-state index in [4.69, 9.17) is 4.74 Å². The quantitative estimate of drug-likeness (QED) is 0.590. The predicted octanol–water partition coefficient (Wildman–Crippen LogP) is 5.32. The fraction of sp³-hybridized carbons (Fsp3) is 0.600. The SMILES string of the molecule is CCCCCCC(C)OCc1cccc(Br)c1. The van der Waals surface area contributed by atoms with Gasteiger partial charge in [0.1, 0.15) is 0 Å². The van der Waals surface area contributed by atoms with E-state index in [1.54, 1.807) is 0 Å². The Labute approximate surface area is 114 Å². The van der Waals surface area contributed by atoms with Gasteiger partial charge < -0.3 is 4.74 Å². The largest absolute Gasteiger partial charge is 0.374 e. The average Bonchev–Trinajstić information content (AvgIpc) is 2.32. The molecule has 1 unspecified atom stereocenters. The molecule has 0 aliphatic carbocycles. The van der Waals surface area contributed by atoms with Crippen LogP contribution in [0.4, 0.5) is 0 Å². The molecular weight excluding hydrogens is 276 g/mol. The Morgan fingerprint density at radius 2 is 2.06 bits per heavy atom. The molecule has 0 spiro atoms. The molecule has 0 N–H and O–H groups in total. The molecule has 2 heteroatoms. The minimum absolute atomic E-state index is 0.367. The van der Waals surface area contributed by atoms with Gasteiger partial charge in [0, 0.05) is 4.47 Å². The minimum Gasteiger partial charge on any atom is -0.374 e. The van der Waals surface area contributed by atoms with E-state index in [2.05, 4.69) is 48.0 Å². The first kappa shape index (κ1) is 14.7. The van der Waals surface area contributed by atoms with E-state index in [0.29, 0.717) is 12.7 Å². The summed E-state index contributed by atoms with van der Waals surface area (Å²) in [6.07, 6.45) is 6.81. The van der Waals surface area contributed by atoms with E-state index < -0.39 is 0 Å². The number of hydrogen-bond acceptors (Lipinski definition) is 1. The first-order valence-corrected chi connectivity index (χ1v) is 7.37. The molecule has 0 fully saturated rings. The molecule has 0 amide bonds. The van der Waals surface area contributed by atoms with Crippen LogP contribution in [-0.2, 0) is 11.3 Å². The average molecular weight is 299 g/mol. The number of halogens is 1. The molecule has 0 bridgehead atoms. The van der Waals surface area contributed by atoms with Crippen molar-refractivity contribution in [1.29, 1.82) is 0 Å². The molecule has 0 saturated heterocycles. The Kier molecular flexibility index (Phi) is 7.54. The van der Waals surface area contributed by atoms with Crippen molar-refractivity contribution in [3.8, 4) is 0 Å². The Morgan fingerprint density at radius 1 is 1.24 bits per heavy atom. The van der Waals surface area contributed by atoms with Gasteiger partial charge in [-0.15, -0.1) is 0 Å². The van der Waals surface area contributed by atoms with Crippen LogP contribution >= 0.6 is 15.9 Å². The molecule has 96 valence electrons. The first-order chi connectivity index (χ1) is 8.22. The summed E-state index contributed by atoms with van der Waals surface area (Å²) in [5.74, 6) is 0. The van der Waals surface area contributed by atoms with E-state index in [0.717, 1.165) is 4.47 Å². The third kappa shape index (κ3) is 6.85. The minimum atomic E-state index is 0.367. The van der Waals surface area contributed by atoms with Crippen molar-refractivity contribution in [3.05, 3.63) is 34.3 Å². The molecule has 1 atom stereocenters. The third-order valence-electron chi connectivity index (χ3n) is 2.89. The third-order valence-corrected chi connectivity index (χ3v) is 3.38. The van der Waals surface area contributed by atoms with Crippen molar-refractivity contribution in [3.63, 3.8) is 0 Å². The molecule has 0 aliphatic heterocycles. The second-order valence-corrected chi connectivity index (χ2v) is 5.52. The van der Waals surface area contributed by atoms with E-state index in [1.165, 1.54) is 37.7 Å². The highest BCUT2D eigenvalue weighted by atomic mass is 79.9. The van der Waals surface area contributed by atoms with Crippen LogP contribution in [0.15, 0.2) is 28.7 Å². The van der Waals surface area contributed by atoms with Gasteiger partial charge in [0.25, 0.3) is 0 Å². The summed E-state index contributed by atoms with van der Waals surface area (Å²) >= 11 is 3.47. The van der Waals surface area contributed by atoms with Crippen LogP contribution in [0.5, 0.6) is 0 Å². The van der Waals surface area contributed by atoms with Crippen molar-refractivity contribution in [2.45, 2.75) is 58.7 Å². The lowest BCUT2D eigenvalue weighted by Crippen LogP contribution is -2.07. The molecule has 17 heavy (non-hydrogen) atoms. The number of ether oxygens (including phenoxy) is 1. The molecule has 1 aromatic carbocycles. The van der Waals surface area contributed by atoms with Crippen LogP contribution < -0.4 is 0 Å². The van der Waals surface area contributed by atoms with E-state index in [9.17, 15) is 0 Å². The van der Waals surface area contributed by atoms with Crippen LogP contribution in [0.2, 0.25) is 0 Å². The zero-order valence-electron chi connectivity index (χ0n) is 10.9. The molecule has 0 aliphatic rings. The fourth-order valence-electron chi connectivity index (χ4n) is 1.81. The summed E-state index contributed by atoms with van der Waals surface area (Å²) in [5, 5.41) is 0. The predicted molar refractivity (Wildman–Crippen MR) is 77.2 cm³/mol. The van der Waals surface area contributed by atoms with E-state index >= 15 is 0 Å². The van der Waals surface area contributed by atoms with E-state index in [1.807, 2.05) is 6.07 Å². The van der Waals surface area contributed by atoms with Gasteiger partial charge in [-0.3, -0.25) is 0 Å². The lowest BCUT2D eigenvalue weighted by atomic mass is 10.1. The van der Waals surface area contributed by atoms with Crippen molar-refractivity contribution in [1.82, 2.24) is 0 Å². The van der Waals surface area contributed by atoms with Gasteiger partial charge in [0.05, 0.1) is 12.7 Å². The highest BCUT2D eigenvalue weighted by Gasteiger charge is 2.02. The number of benzene rings is 1. The van der Waals surface area contributed by atoms with Crippen LogP contribution in [-0.4, -0.2) is 6.10 Å². The lowest BCUT2D eigenvalue weighted by Gasteiger charge is -2.13. The monoisotopic (exact) mass is 298 g/mol. The number of rotatable bonds is 8. The van der Waals surface area contributed by atoms with Gasteiger partial charge in [-0.2, -0.15) is 0 Å². The summed E-state index contributed by atoms with van der Waals surface area (Å²) in [5.41, 5.74) is 1.24. The molecule has 0 aromatic heterocycles. The number of hydrogen-bond donors (Lipinski definition) is 0. The van der Waals surface area contributed by atoms with Gasteiger partial charge in [0.15, 0.2) is 0 Å². The molecule has 1 rings (SSSR count). The highest BCUT2D eigenvalue weighted by Crippen LogP contribution is 2.14. The van der Waals surface area contributed by atoms with Gasteiger partial charge in [-0.05, 0) is 31.0 Å². The Morgan fingerprint density at radius 3 is 2.76 bits per heavy atom. The van der Waals surface area contributed by atoms with Crippen molar-refractivity contribution >= 4 is 15.9 Å². The maximum absolute atomic E-state index is 5.84. The standard InChI is InChI=1S/C15H23BrO/c1-3-4-5-6-8-13(2)17-12-14-9-7-10-15(16)11-14/h7,9-11,13H,3-6,8,12H2,1-2H3. The van der Waals surface area contributed by atoms with Gasteiger partial charge in [-0.1, -0.05) is 60.7 Å². The van der Waals surface area contributed by atoms with Crippen LogP contribution in [0, 0.1) is 0 Å². The second kappa shape index (κ2) is 8.71. The smallest absolute Gasteiger partial charge is 0.0720 e. The number of unbranched alkanes of at least 4 members (excludes halogenated alkanes) is 3. The molecule has 0 saturated carbocycles. The fourth-order valence-corrected chi connectivity index (χ4v) is 2.25. The molecule has 1 nitrogen and oxygen atoms in total. The summed E-state index contributed by atoms with van der Waals surface area (Å²) < 4.78 is 6.96. The van der Waals surface area contributed by atoms with Crippen LogP contribution in [0.1, 0.15) is 51.5 Å². The summed E-state index contributed by atoms with van der Waals surface area (Å²) in [6, 6.07) is 8.31. The summed E-state index contributed by atoms with van der Waals surface area (Å²) in [6.45, 7) is 5.13.